The molecule has 1 heterocycles. The van der Waals surface area contributed by atoms with E-state index in [0.717, 1.165) is 0 Å². The highest BCUT2D eigenvalue weighted by Crippen LogP contribution is 2.21. The highest BCUT2D eigenvalue weighted by Gasteiger charge is 2.33. The van der Waals surface area contributed by atoms with E-state index in [0.29, 0.717) is 25.0 Å². The van der Waals surface area contributed by atoms with Crippen molar-refractivity contribution in [1.82, 2.24) is 0 Å². The predicted octanol–water partition coefficient (Wildman–Crippen LogP) is 0.355. The van der Waals surface area contributed by atoms with Gasteiger partial charge in [-0.05, 0) is 19.8 Å². The zero-order valence-electron chi connectivity index (χ0n) is 13.4. The molecule has 0 spiro atoms. The Hall–Kier alpha value is -1.70. The van der Waals surface area contributed by atoms with Crippen LogP contribution in [-0.2, 0) is 23.8 Å². The van der Waals surface area contributed by atoms with Crippen molar-refractivity contribution in [2.75, 3.05) is 33.0 Å². The second kappa shape index (κ2) is 8.81. The van der Waals surface area contributed by atoms with Crippen molar-refractivity contribution in [1.29, 1.82) is 0 Å². The average Bonchev–Trinajstić information content (AvgIpc) is 3.37. The standard InChI is InChI=1S/C16H24O7/c1-11(2)14(19)22-9-16(7-17,8-18)10-23-15(20)12(3)4-5-13-6-21-13/h13,17-18H,1,3-10H2,2H3. The Morgan fingerprint density at radius 3 is 2.13 bits per heavy atom. The predicted molar refractivity (Wildman–Crippen MR) is 81.5 cm³/mol. The maximum atomic E-state index is 11.9. The molecule has 7 nitrogen and oxygen atoms in total. The number of esters is 2. The van der Waals surface area contributed by atoms with E-state index in [4.69, 9.17) is 14.2 Å². The number of aliphatic hydroxyl groups is 2. The molecule has 0 aromatic carbocycles. The van der Waals surface area contributed by atoms with Gasteiger partial charge in [0.25, 0.3) is 0 Å². The zero-order chi connectivity index (χ0) is 17.5. The van der Waals surface area contributed by atoms with Gasteiger partial charge in [-0.3, -0.25) is 0 Å². The Labute approximate surface area is 135 Å². The van der Waals surface area contributed by atoms with Crippen LogP contribution >= 0.6 is 0 Å². The van der Waals surface area contributed by atoms with Crippen LogP contribution in [-0.4, -0.2) is 61.3 Å². The molecule has 1 saturated heterocycles. The lowest BCUT2D eigenvalue weighted by Gasteiger charge is -2.28. The van der Waals surface area contributed by atoms with Crippen LogP contribution in [0.2, 0.25) is 0 Å². The fraction of sp³-hybridized carbons (Fsp3) is 0.625. The van der Waals surface area contributed by atoms with Crippen LogP contribution in [0.5, 0.6) is 0 Å². The average molecular weight is 328 g/mol. The maximum absolute atomic E-state index is 11.9. The molecular formula is C16H24O7. The summed E-state index contributed by atoms with van der Waals surface area (Å²) in [6.07, 6.45) is 1.35. The zero-order valence-corrected chi connectivity index (χ0v) is 13.4. The van der Waals surface area contributed by atoms with Crippen LogP contribution in [0.1, 0.15) is 19.8 Å². The van der Waals surface area contributed by atoms with Crippen molar-refractivity contribution in [2.45, 2.75) is 25.9 Å². The lowest BCUT2D eigenvalue weighted by molar-refractivity contribution is -0.154. The summed E-state index contributed by atoms with van der Waals surface area (Å²) < 4.78 is 15.1. The molecule has 130 valence electrons. The summed E-state index contributed by atoms with van der Waals surface area (Å²) in [7, 11) is 0. The quantitative estimate of drug-likeness (QED) is 0.320. The minimum atomic E-state index is -1.26. The number of hydrogen-bond acceptors (Lipinski definition) is 7. The third-order valence-electron chi connectivity index (χ3n) is 3.50. The minimum absolute atomic E-state index is 0.190. The van der Waals surface area contributed by atoms with Gasteiger partial charge in [0, 0.05) is 11.1 Å². The van der Waals surface area contributed by atoms with Crippen LogP contribution in [0.3, 0.4) is 0 Å². The first-order valence-electron chi connectivity index (χ1n) is 7.34. The number of epoxide rings is 1. The summed E-state index contributed by atoms with van der Waals surface area (Å²) in [6, 6.07) is 0. The number of carbonyl (C=O) groups is 2. The molecule has 0 aromatic rings. The SMILES string of the molecule is C=C(C)C(=O)OCC(CO)(CO)COC(=O)C(=C)CCC1CO1. The highest BCUT2D eigenvalue weighted by molar-refractivity contribution is 5.87. The van der Waals surface area contributed by atoms with Crippen molar-refractivity contribution in [2.24, 2.45) is 5.41 Å². The summed E-state index contributed by atoms with van der Waals surface area (Å²) in [6.45, 7) is 7.67. The van der Waals surface area contributed by atoms with E-state index in [9.17, 15) is 19.8 Å². The molecule has 0 amide bonds. The Morgan fingerprint density at radius 2 is 1.70 bits per heavy atom. The maximum Gasteiger partial charge on any atom is 0.333 e. The first kappa shape index (κ1) is 19.3. The lowest BCUT2D eigenvalue weighted by Crippen LogP contribution is -2.41. The smallest absolute Gasteiger partial charge is 0.333 e. The normalized spacial score (nSPS) is 16.6. The largest absolute Gasteiger partial charge is 0.461 e. The first-order chi connectivity index (χ1) is 10.8. The summed E-state index contributed by atoms with van der Waals surface area (Å²) >= 11 is 0. The Bertz CT molecular complexity index is 461. The number of aliphatic hydroxyl groups excluding tert-OH is 2. The molecule has 0 aliphatic carbocycles. The molecule has 1 unspecified atom stereocenters. The van der Waals surface area contributed by atoms with E-state index in [1.165, 1.54) is 6.92 Å². The third kappa shape index (κ3) is 6.52. The van der Waals surface area contributed by atoms with Crippen LogP contribution < -0.4 is 0 Å². The van der Waals surface area contributed by atoms with Gasteiger partial charge in [-0.15, -0.1) is 0 Å². The monoisotopic (exact) mass is 328 g/mol. The summed E-state index contributed by atoms with van der Waals surface area (Å²) in [5.74, 6) is -1.25. The topological polar surface area (TPSA) is 106 Å². The van der Waals surface area contributed by atoms with Crippen LogP contribution in [0.4, 0.5) is 0 Å². The number of ether oxygens (including phenoxy) is 3. The van der Waals surface area contributed by atoms with E-state index in [2.05, 4.69) is 13.2 Å². The van der Waals surface area contributed by atoms with Crippen LogP contribution in [0.25, 0.3) is 0 Å². The van der Waals surface area contributed by atoms with E-state index < -0.39 is 30.6 Å². The molecule has 7 heteroatoms. The Kier molecular flexibility index (Phi) is 7.41. The second-order valence-electron chi connectivity index (χ2n) is 5.85. The van der Waals surface area contributed by atoms with E-state index in [1.807, 2.05) is 0 Å². The molecule has 2 N–H and O–H groups in total. The molecule has 1 rings (SSSR count). The van der Waals surface area contributed by atoms with Crippen LogP contribution in [0.15, 0.2) is 24.3 Å². The third-order valence-corrected chi connectivity index (χ3v) is 3.50. The molecule has 0 aromatic heterocycles. The Balaban J connectivity index is 2.46. The van der Waals surface area contributed by atoms with Crippen LogP contribution in [0, 0.1) is 5.41 Å². The fourth-order valence-corrected chi connectivity index (χ4v) is 1.61. The summed E-state index contributed by atoms with van der Waals surface area (Å²) in [5.41, 5.74) is -0.771. The van der Waals surface area contributed by atoms with Gasteiger partial charge in [-0.25, -0.2) is 9.59 Å². The van der Waals surface area contributed by atoms with Gasteiger partial charge in [0.05, 0.1) is 31.3 Å². The van der Waals surface area contributed by atoms with Gasteiger partial charge >= 0.3 is 11.9 Å². The molecule has 23 heavy (non-hydrogen) atoms. The van der Waals surface area contributed by atoms with Crippen molar-refractivity contribution in [3.05, 3.63) is 24.3 Å². The van der Waals surface area contributed by atoms with Gasteiger partial charge in [-0.2, -0.15) is 0 Å². The minimum Gasteiger partial charge on any atom is -0.461 e. The van der Waals surface area contributed by atoms with Crippen molar-refractivity contribution in [3.8, 4) is 0 Å². The van der Waals surface area contributed by atoms with E-state index in [-0.39, 0.29) is 24.9 Å². The van der Waals surface area contributed by atoms with Crippen molar-refractivity contribution >= 4 is 11.9 Å². The molecule has 1 aliphatic rings. The number of carbonyl (C=O) groups excluding carboxylic acids is 2. The molecule has 1 atom stereocenters. The van der Waals surface area contributed by atoms with Gasteiger partial charge in [-0.1, -0.05) is 13.2 Å². The van der Waals surface area contributed by atoms with Crippen molar-refractivity contribution < 1.29 is 34.0 Å². The Morgan fingerprint density at radius 1 is 1.17 bits per heavy atom. The number of hydrogen-bond donors (Lipinski definition) is 2. The molecule has 0 bridgehead atoms. The second-order valence-corrected chi connectivity index (χ2v) is 5.85. The van der Waals surface area contributed by atoms with Gasteiger partial charge < -0.3 is 24.4 Å². The first-order valence-corrected chi connectivity index (χ1v) is 7.34. The summed E-state index contributed by atoms with van der Waals surface area (Å²) in [5, 5.41) is 18.9. The molecular weight excluding hydrogens is 304 g/mol. The summed E-state index contributed by atoms with van der Waals surface area (Å²) in [4.78, 5) is 23.3. The van der Waals surface area contributed by atoms with Gasteiger partial charge in [0.1, 0.15) is 13.2 Å². The molecule has 1 fully saturated rings. The van der Waals surface area contributed by atoms with Gasteiger partial charge in [0.2, 0.25) is 0 Å². The fourth-order valence-electron chi connectivity index (χ4n) is 1.61. The molecule has 0 radical (unpaired) electrons. The highest BCUT2D eigenvalue weighted by atomic mass is 16.6. The van der Waals surface area contributed by atoms with Crippen molar-refractivity contribution in [3.63, 3.8) is 0 Å². The van der Waals surface area contributed by atoms with Gasteiger partial charge in [0.15, 0.2) is 0 Å². The number of rotatable bonds is 11. The molecule has 1 aliphatic heterocycles. The lowest BCUT2D eigenvalue weighted by atomic mass is 9.92. The molecule has 0 saturated carbocycles. The van der Waals surface area contributed by atoms with E-state index in [1.54, 1.807) is 0 Å². The van der Waals surface area contributed by atoms with E-state index >= 15 is 0 Å².